The second kappa shape index (κ2) is 6.21. The average molecular weight is 312 g/mol. The lowest BCUT2D eigenvalue weighted by atomic mass is 10.2. The summed E-state index contributed by atoms with van der Waals surface area (Å²) in [6.07, 6.45) is 1.00. The molecule has 0 aromatic heterocycles. The van der Waals surface area contributed by atoms with E-state index in [9.17, 15) is 8.42 Å². The molecule has 0 aliphatic carbocycles. The van der Waals surface area contributed by atoms with E-state index in [2.05, 4.69) is 28.5 Å². The van der Waals surface area contributed by atoms with Crippen molar-refractivity contribution < 1.29 is 8.42 Å². The second-order valence-corrected chi connectivity index (χ2v) is 7.45. The van der Waals surface area contributed by atoms with Crippen molar-refractivity contribution in [1.82, 2.24) is 9.62 Å². The van der Waals surface area contributed by atoms with Gasteiger partial charge in [0.25, 0.3) is 0 Å². The molecule has 0 radical (unpaired) electrons. The van der Waals surface area contributed by atoms with Crippen molar-refractivity contribution >= 4 is 21.4 Å². The smallest absolute Gasteiger partial charge is 0.242 e. The van der Waals surface area contributed by atoms with E-state index in [1.165, 1.54) is 13.1 Å². The van der Waals surface area contributed by atoms with Crippen molar-refractivity contribution in [3.63, 3.8) is 0 Å². The predicted molar refractivity (Wildman–Crippen MR) is 86.0 cm³/mol. The lowest BCUT2D eigenvalue weighted by Crippen LogP contribution is -2.39. The molecule has 1 aromatic carbocycles. The zero-order chi connectivity index (χ0) is 15.6. The molecule has 2 rings (SSSR count). The summed E-state index contributed by atoms with van der Waals surface area (Å²) in [7, 11) is -0.0247. The molecule has 1 fully saturated rings. The summed E-state index contributed by atoms with van der Waals surface area (Å²) < 4.78 is 26.9. The number of likely N-dealkylation sites (N-methyl/N-ethyl adjacent to an activating group) is 1. The molecule has 0 saturated carbocycles. The Kier molecular flexibility index (Phi) is 4.75. The summed E-state index contributed by atoms with van der Waals surface area (Å²) in [5.41, 5.74) is 6.95. The van der Waals surface area contributed by atoms with E-state index in [1.807, 2.05) is 0 Å². The van der Waals surface area contributed by atoms with Gasteiger partial charge in [-0.1, -0.05) is 0 Å². The standard InChI is InChI=1S/C14H24N4O2S/c1-11-10-17(3)7-4-8-18(11)13-6-5-12(15)9-14(13)21(19,20)16-2/h5-6,9,11,16H,4,7-8,10,15H2,1-3H3. The largest absolute Gasteiger partial charge is 0.399 e. The van der Waals surface area contributed by atoms with Gasteiger partial charge in [-0.3, -0.25) is 0 Å². The molecular weight excluding hydrogens is 288 g/mol. The van der Waals surface area contributed by atoms with E-state index < -0.39 is 10.0 Å². The van der Waals surface area contributed by atoms with E-state index >= 15 is 0 Å². The molecule has 1 saturated heterocycles. The van der Waals surface area contributed by atoms with E-state index in [0.717, 1.165) is 31.7 Å². The molecule has 1 unspecified atom stereocenters. The fourth-order valence-electron chi connectivity index (χ4n) is 2.82. The summed E-state index contributed by atoms with van der Waals surface area (Å²) in [6, 6.07) is 5.33. The summed E-state index contributed by atoms with van der Waals surface area (Å²) in [5, 5.41) is 0. The van der Waals surface area contributed by atoms with E-state index in [-0.39, 0.29) is 10.9 Å². The molecule has 6 nitrogen and oxygen atoms in total. The highest BCUT2D eigenvalue weighted by Crippen LogP contribution is 2.30. The predicted octanol–water partition coefficient (Wildman–Crippen LogP) is 0.707. The minimum absolute atomic E-state index is 0.243. The molecule has 3 N–H and O–H groups in total. The zero-order valence-electron chi connectivity index (χ0n) is 12.8. The van der Waals surface area contributed by atoms with Crippen LogP contribution in [0.1, 0.15) is 13.3 Å². The third-order valence-corrected chi connectivity index (χ3v) is 5.34. The van der Waals surface area contributed by atoms with Crippen molar-refractivity contribution in [2.75, 3.05) is 44.4 Å². The number of rotatable bonds is 3. The lowest BCUT2D eigenvalue weighted by Gasteiger charge is -2.31. The van der Waals surface area contributed by atoms with Gasteiger partial charge in [0.05, 0.1) is 5.69 Å². The number of hydrogen-bond donors (Lipinski definition) is 2. The van der Waals surface area contributed by atoms with Crippen LogP contribution in [0.25, 0.3) is 0 Å². The second-order valence-electron chi connectivity index (χ2n) is 5.59. The van der Waals surface area contributed by atoms with Crippen LogP contribution in [-0.2, 0) is 10.0 Å². The summed E-state index contributed by atoms with van der Waals surface area (Å²) >= 11 is 0. The number of nitrogen functional groups attached to an aromatic ring is 1. The number of nitrogens with two attached hydrogens (primary N) is 1. The van der Waals surface area contributed by atoms with Gasteiger partial charge in [-0.15, -0.1) is 0 Å². The number of hydrogen-bond acceptors (Lipinski definition) is 5. The molecular formula is C14H24N4O2S. The Morgan fingerprint density at radius 3 is 2.71 bits per heavy atom. The molecule has 0 spiro atoms. The molecule has 0 bridgehead atoms. The molecule has 1 atom stereocenters. The first-order valence-corrected chi connectivity index (χ1v) is 8.61. The number of anilines is 2. The van der Waals surface area contributed by atoms with Crippen molar-refractivity contribution in [3.05, 3.63) is 18.2 Å². The number of nitrogens with one attached hydrogen (secondary N) is 1. The maximum atomic E-state index is 12.3. The fraction of sp³-hybridized carbons (Fsp3) is 0.571. The summed E-state index contributed by atoms with van der Waals surface area (Å²) in [4.78, 5) is 4.68. The minimum atomic E-state index is -3.53. The SMILES string of the molecule is CNS(=O)(=O)c1cc(N)ccc1N1CCCN(C)CC1C. The lowest BCUT2D eigenvalue weighted by molar-refractivity contribution is 0.337. The molecule has 1 aliphatic rings. The topological polar surface area (TPSA) is 78.7 Å². The van der Waals surface area contributed by atoms with Crippen LogP contribution in [0.5, 0.6) is 0 Å². The monoisotopic (exact) mass is 312 g/mol. The van der Waals surface area contributed by atoms with Gasteiger partial charge in [0.1, 0.15) is 4.90 Å². The number of sulfonamides is 1. The molecule has 7 heteroatoms. The highest BCUT2D eigenvalue weighted by atomic mass is 32.2. The Morgan fingerprint density at radius 2 is 2.05 bits per heavy atom. The van der Waals surface area contributed by atoms with Gasteiger partial charge >= 0.3 is 0 Å². The van der Waals surface area contributed by atoms with Crippen molar-refractivity contribution in [3.8, 4) is 0 Å². The van der Waals surface area contributed by atoms with Gasteiger partial charge < -0.3 is 15.5 Å². The van der Waals surface area contributed by atoms with Crippen molar-refractivity contribution in [1.29, 1.82) is 0 Å². The number of benzene rings is 1. The highest BCUT2D eigenvalue weighted by Gasteiger charge is 2.26. The first kappa shape index (κ1) is 16.1. The van der Waals surface area contributed by atoms with Crippen LogP contribution in [0.4, 0.5) is 11.4 Å². The maximum Gasteiger partial charge on any atom is 0.242 e. The van der Waals surface area contributed by atoms with Gasteiger partial charge in [-0.05, 0) is 52.2 Å². The van der Waals surface area contributed by atoms with Crippen LogP contribution < -0.4 is 15.4 Å². The van der Waals surface area contributed by atoms with E-state index in [4.69, 9.17) is 5.73 Å². The summed E-state index contributed by atoms with van der Waals surface area (Å²) in [6.45, 7) is 4.88. The Bertz CT molecular complexity index is 603. The van der Waals surface area contributed by atoms with Crippen LogP contribution in [0.2, 0.25) is 0 Å². The molecule has 1 aromatic rings. The van der Waals surface area contributed by atoms with Crippen LogP contribution >= 0.6 is 0 Å². The zero-order valence-corrected chi connectivity index (χ0v) is 13.7. The molecule has 0 amide bonds. The molecule has 118 valence electrons. The first-order chi connectivity index (χ1) is 9.85. The van der Waals surface area contributed by atoms with Crippen molar-refractivity contribution in [2.24, 2.45) is 0 Å². The van der Waals surface area contributed by atoms with E-state index in [0.29, 0.717) is 5.69 Å². The average Bonchev–Trinajstić information content (AvgIpc) is 2.59. The first-order valence-electron chi connectivity index (χ1n) is 7.13. The summed E-state index contributed by atoms with van der Waals surface area (Å²) in [5.74, 6) is 0. The molecule has 21 heavy (non-hydrogen) atoms. The third kappa shape index (κ3) is 3.48. The van der Waals surface area contributed by atoms with Gasteiger partial charge in [0.15, 0.2) is 0 Å². The maximum absolute atomic E-state index is 12.3. The van der Waals surface area contributed by atoms with Gasteiger partial charge in [-0.2, -0.15) is 0 Å². The van der Waals surface area contributed by atoms with Crippen LogP contribution in [-0.4, -0.2) is 53.1 Å². The Morgan fingerprint density at radius 1 is 1.33 bits per heavy atom. The Labute approximate surface area is 127 Å². The molecule has 1 aliphatic heterocycles. The van der Waals surface area contributed by atoms with Gasteiger partial charge in [0, 0.05) is 24.8 Å². The van der Waals surface area contributed by atoms with Gasteiger partial charge in [0.2, 0.25) is 10.0 Å². The quantitative estimate of drug-likeness (QED) is 0.804. The Hall–Kier alpha value is -1.31. The van der Waals surface area contributed by atoms with Crippen LogP contribution in [0.15, 0.2) is 23.1 Å². The molecule has 1 heterocycles. The Balaban J connectivity index is 2.48. The normalized spacial score (nSPS) is 21.3. The van der Waals surface area contributed by atoms with Gasteiger partial charge in [-0.25, -0.2) is 13.1 Å². The van der Waals surface area contributed by atoms with E-state index in [1.54, 1.807) is 12.1 Å². The highest BCUT2D eigenvalue weighted by molar-refractivity contribution is 7.89. The number of nitrogens with zero attached hydrogens (tertiary/aromatic N) is 2. The fourth-order valence-corrected chi connectivity index (χ4v) is 3.80. The van der Waals surface area contributed by atoms with Crippen LogP contribution in [0.3, 0.4) is 0 Å². The van der Waals surface area contributed by atoms with Crippen molar-refractivity contribution in [2.45, 2.75) is 24.3 Å². The van der Waals surface area contributed by atoms with Crippen LogP contribution in [0, 0.1) is 0 Å². The minimum Gasteiger partial charge on any atom is -0.399 e. The third-order valence-electron chi connectivity index (χ3n) is 3.90.